The zero-order valence-corrected chi connectivity index (χ0v) is 21.6. The van der Waals surface area contributed by atoms with Crippen LogP contribution < -0.4 is 20.9 Å². The Balaban J connectivity index is 1.42. The van der Waals surface area contributed by atoms with Crippen molar-refractivity contribution in [1.29, 1.82) is 0 Å². The number of aryl methyl sites for hydroxylation is 1. The average Bonchev–Trinajstić information content (AvgIpc) is 3.42. The predicted molar refractivity (Wildman–Crippen MR) is 147 cm³/mol. The van der Waals surface area contributed by atoms with Crippen LogP contribution in [-0.4, -0.2) is 17.7 Å². The van der Waals surface area contributed by atoms with Crippen LogP contribution in [-0.2, 0) is 31.1 Å². The lowest BCUT2D eigenvalue weighted by molar-refractivity contribution is -0.0938. The Kier molecular flexibility index (Phi) is 6.54. The number of nitrogens with zero attached hydrogens (tertiary/aromatic N) is 1. The summed E-state index contributed by atoms with van der Waals surface area (Å²) in [5, 5.41) is 1.31. The maximum Gasteiger partial charge on any atom is 0.278 e. The average molecular weight is 484 g/mol. The van der Waals surface area contributed by atoms with E-state index in [4.69, 9.17) is 20.9 Å². The molecule has 0 saturated carbocycles. The lowest BCUT2D eigenvalue weighted by Gasteiger charge is -2.28. The van der Waals surface area contributed by atoms with Gasteiger partial charge in [0.25, 0.3) is 5.79 Å². The highest BCUT2D eigenvalue weighted by atomic mass is 16.7. The highest BCUT2D eigenvalue weighted by molar-refractivity contribution is 5.85. The van der Waals surface area contributed by atoms with Gasteiger partial charge in [-0.3, -0.25) is 0 Å². The largest absolute Gasteiger partial charge is 0.444 e. The molecule has 1 atom stereocenters. The quantitative estimate of drug-likeness (QED) is 0.327. The molecule has 0 saturated heterocycles. The minimum atomic E-state index is -0.854. The monoisotopic (exact) mass is 483 g/mol. The molecule has 4 aromatic rings. The summed E-state index contributed by atoms with van der Waals surface area (Å²) in [5.41, 5.74) is 17.6. The van der Waals surface area contributed by atoms with E-state index in [0.29, 0.717) is 19.5 Å². The van der Waals surface area contributed by atoms with Crippen LogP contribution in [0.4, 0.5) is 0 Å². The van der Waals surface area contributed by atoms with E-state index in [1.165, 1.54) is 27.6 Å². The molecule has 1 aliphatic rings. The lowest BCUT2D eigenvalue weighted by atomic mass is 9.79. The Bertz CT molecular complexity index is 1360. The van der Waals surface area contributed by atoms with E-state index >= 15 is 0 Å². The Morgan fingerprint density at radius 2 is 1.58 bits per heavy atom. The molecule has 1 unspecified atom stereocenters. The van der Waals surface area contributed by atoms with Gasteiger partial charge in [0.1, 0.15) is 0 Å². The molecule has 188 valence electrons. The van der Waals surface area contributed by atoms with Crippen LogP contribution in [0.2, 0.25) is 0 Å². The molecule has 2 heterocycles. The van der Waals surface area contributed by atoms with Crippen molar-refractivity contribution in [1.82, 2.24) is 4.57 Å². The van der Waals surface area contributed by atoms with Crippen LogP contribution in [0, 0.1) is 0 Å². The Labute approximate surface area is 214 Å². The molecule has 0 spiro atoms. The third kappa shape index (κ3) is 4.49. The first kappa shape index (κ1) is 24.4. The van der Waals surface area contributed by atoms with Gasteiger partial charge in [-0.15, -0.1) is 0 Å². The number of rotatable bonds is 9. The van der Waals surface area contributed by atoms with E-state index in [1.54, 1.807) is 0 Å². The zero-order chi connectivity index (χ0) is 25.3. The van der Waals surface area contributed by atoms with Crippen LogP contribution >= 0.6 is 0 Å². The van der Waals surface area contributed by atoms with Crippen molar-refractivity contribution in [3.8, 4) is 11.5 Å². The summed E-state index contributed by atoms with van der Waals surface area (Å²) in [6.07, 6.45) is 5.50. The molecule has 0 radical (unpaired) electrons. The van der Waals surface area contributed by atoms with E-state index in [2.05, 4.69) is 98.4 Å². The van der Waals surface area contributed by atoms with E-state index < -0.39 is 5.79 Å². The molecule has 1 aromatic heterocycles. The molecule has 0 amide bonds. The summed E-state index contributed by atoms with van der Waals surface area (Å²) in [5.74, 6) is 0.723. The number of ether oxygens (including phenoxy) is 2. The molecule has 3 aromatic carbocycles. The smallest absolute Gasteiger partial charge is 0.278 e. The summed E-state index contributed by atoms with van der Waals surface area (Å²) in [6, 6.07) is 23.4. The van der Waals surface area contributed by atoms with Gasteiger partial charge in [-0.05, 0) is 72.7 Å². The van der Waals surface area contributed by atoms with E-state index in [1.807, 2.05) is 0 Å². The molecule has 36 heavy (non-hydrogen) atoms. The normalized spacial score (nSPS) is 17.1. The first-order valence-corrected chi connectivity index (χ1v) is 12.9. The van der Waals surface area contributed by atoms with E-state index in [0.717, 1.165) is 36.3 Å². The second-order valence-electron chi connectivity index (χ2n) is 10.6. The van der Waals surface area contributed by atoms with E-state index in [-0.39, 0.29) is 5.41 Å². The molecule has 5 rings (SSSR count). The number of hydrogen-bond donors (Lipinski definition) is 2. The molecule has 5 nitrogen and oxygen atoms in total. The number of hydrogen-bond acceptors (Lipinski definition) is 4. The fourth-order valence-electron chi connectivity index (χ4n) is 5.48. The summed E-state index contributed by atoms with van der Waals surface area (Å²) < 4.78 is 15.3. The second kappa shape index (κ2) is 9.64. The third-order valence-corrected chi connectivity index (χ3v) is 7.37. The first-order chi connectivity index (χ1) is 17.3. The lowest BCUT2D eigenvalue weighted by Crippen LogP contribution is -2.36. The Morgan fingerprint density at radius 1 is 0.861 bits per heavy atom. The van der Waals surface area contributed by atoms with E-state index in [9.17, 15) is 0 Å². The molecule has 5 heteroatoms. The summed E-state index contributed by atoms with van der Waals surface area (Å²) in [6.45, 7) is 5.84. The molecule has 0 bridgehead atoms. The zero-order valence-electron chi connectivity index (χ0n) is 21.6. The van der Waals surface area contributed by atoms with Crippen molar-refractivity contribution in [3.05, 3.63) is 95.2 Å². The van der Waals surface area contributed by atoms with Crippen LogP contribution in [0.5, 0.6) is 11.5 Å². The van der Waals surface area contributed by atoms with Crippen molar-refractivity contribution < 1.29 is 9.47 Å². The van der Waals surface area contributed by atoms with Gasteiger partial charge >= 0.3 is 0 Å². The van der Waals surface area contributed by atoms with Crippen LogP contribution in [0.1, 0.15) is 48.9 Å². The molecular weight excluding hydrogens is 446 g/mol. The van der Waals surface area contributed by atoms with Gasteiger partial charge in [0.15, 0.2) is 11.5 Å². The maximum absolute atomic E-state index is 6.61. The number of aromatic nitrogens is 1. The van der Waals surface area contributed by atoms with Gasteiger partial charge in [0.2, 0.25) is 0 Å². The predicted octanol–water partition coefficient (Wildman–Crippen LogP) is 5.56. The number of para-hydroxylation sites is 1. The molecule has 4 N–H and O–H groups in total. The van der Waals surface area contributed by atoms with Crippen molar-refractivity contribution >= 4 is 10.9 Å². The summed E-state index contributed by atoms with van der Waals surface area (Å²) >= 11 is 0. The maximum atomic E-state index is 6.61. The van der Waals surface area contributed by atoms with Crippen molar-refractivity contribution in [2.45, 2.75) is 50.7 Å². The van der Waals surface area contributed by atoms with Crippen molar-refractivity contribution in [3.63, 3.8) is 0 Å². The highest BCUT2D eigenvalue weighted by Gasteiger charge is 2.43. The van der Waals surface area contributed by atoms with Gasteiger partial charge in [0.05, 0.1) is 0 Å². The Morgan fingerprint density at radius 3 is 2.33 bits per heavy atom. The van der Waals surface area contributed by atoms with Crippen molar-refractivity contribution in [2.24, 2.45) is 18.5 Å². The number of fused-ring (bicyclic) bond motifs is 2. The van der Waals surface area contributed by atoms with Crippen molar-refractivity contribution in [2.75, 3.05) is 13.1 Å². The Hall–Kier alpha value is -3.28. The van der Waals surface area contributed by atoms with Crippen LogP contribution in [0.25, 0.3) is 10.9 Å². The topological polar surface area (TPSA) is 75.4 Å². The summed E-state index contributed by atoms with van der Waals surface area (Å²) in [4.78, 5) is 0. The second-order valence-corrected chi connectivity index (χ2v) is 10.6. The number of nitrogens with two attached hydrogens (primary N) is 2. The van der Waals surface area contributed by atoms with Gasteiger partial charge in [-0.25, -0.2) is 0 Å². The molecule has 0 fully saturated rings. The van der Waals surface area contributed by atoms with Gasteiger partial charge in [-0.1, -0.05) is 62.4 Å². The fourth-order valence-corrected chi connectivity index (χ4v) is 5.48. The van der Waals surface area contributed by atoms with Gasteiger partial charge < -0.3 is 25.5 Å². The fraction of sp³-hybridized carbons (Fsp3) is 0.355. The number of benzene rings is 3. The van der Waals surface area contributed by atoms with Gasteiger partial charge in [0, 0.05) is 36.1 Å². The SMILES string of the molecule is Cn1cc(C(C)(C)Cc2ccc3c(c2)OC(CCCN)(c2ccc(CCN)cc2)O3)c2ccccc21. The molecule has 1 aliphatic heterocycles. The standard InChI is InChI=1S/C31H37N3O2/c1-30(2,26-21-34(3)27-8-5-4-7-25(26)27)20-23-11-14-28-29(19-23)36-31(35-28,16-6-17-32)24-12-9-22(10-13-24)15-18-33/h4-5,7-14,19,21H,6,15-18,20,32-33H2,1-3H3. The van der Waals surface area contributed by atoms with Crippen LogP contribution in [0.3, 0.4) is 0 Å². The minimum Gasteiger partial charge on any atom is -0.444 e. The van der Waals surface area contributed by atoms with Crippen LogP contribution in [0.15, 0.2) is 72.9 Å². The minimum absolute atomic E-state index is 0.0516. The van der Waals surface area contributed by atoms with Gasteiger partial charge in [-0.2, -0.15) is 0 Å². The molecule has 0 aliphatic carbocycles. The third-order valence-electron chi connectivity index (χ3n) is 7.37. The first-order valence-electron chi connectivity index (χ1n) is 12.9. The molecular formula is C31H37N3O2. The summed E-state index contributed by atoms with van der Waals surface area (Å²) in [7, 11) is 2.12. The highest BCUT2D eigenvalue weighted by Crippen LogP contribution is 2.47.